The zero-order chi connectivity index (χ0) is 10.0. The van der Waals surface area contributed by atoms with Gasteiger partial charge in [0.1, 0.15) is 12.3 Å². The van der Waals surface area contributed by atoms with Gasteiger partial charge in [0, 0.05) is 0 Å². The molecule has 0 spiro atoms. The Bertz CT molecular complexity index is 356. The normalized spacial score (nSPS) is 10.0. The minimum Gasteiger partial charge on any atom is -0.390 e. The van der Waals surface area contributed by atoms with Gasteiger partial charge < -0.3 is 15.2 Å². The summed E-state index contributed by atoms with van der Waals surface area (Å²) in [6.07, 6.45) is 1.37. The van der Waals surface area contributed by atoms with Gasteiger partial charge in [-0.2, -0.15) is 0 Å². The summed E-state index contributed by atoms with van der Waals surface area (Å²) < 4.78 is 1.23. The van der Waals surface area contributed by atoms with E-state index in [9.17, 15) is 10.1 Å². The Kier molecular flexibility index (Phi) is 2.43. The Hall–Kier alpha value is -1.69. The van der Waals surface area contributed by atoms with E-state index in [-0.39, 0.29) is 12.6 Å². The van der Waals surface area contributed by atoms with E-state index >= 15 is 0 Å². The average Bonchev–Trinajstić information content (AvgIpc) is 2.41. The molecule has 70 valence electrons. The van der Waals surface area contributed by atoms with E-state index < -0.39 is 4.92 Å². The van der Waals surface area contributed by atoms with Crippen LogP contribution in [0.4, 0.5) is 5.95 Å². The Morgan fingerprint density at radius 3 is 2.77 bits per heavy atom. The molecule has 0 saturated heterocycles. The highest BCUT2D eigenvalue weighted by atomic mass is 16.6. The summed E-state index contributed by atoms with van der Waals surface area (Å²) in [5, 5.41) is 19.3. The molecular weight excluding hydrogens is 174 g/mol. The summed E-state index contributed by atoms with van der Waals surface area (Å²) >= 11 is 0. The van der Waals surface area contributed by atoms with E-state index in [0.29, 0.717) is 11.4 Å². The van der Waals surface area contributed by atoms with Crippen molar-refractivity contribution in [3.63, 3.8) is 0 Å². The Morgan fingerprint density at radius 1 is 1.85 bits per heavy atom. The number of nitrogens with zero attached hydrogens (tertiary/aromatic N) is 3. The van der Waals surface area contributed by atoms with Crippen molar-refractivity contribution in [3.8, 4) is 0 Å². The van der Waals surface area contributed by atoms with Crippen LogP contribution < -0.4 is 0 Å². The van der Waals surface area contributed by atoms with Crippen molar-refractivity contribution in [1.29, 1.82) is 0 Å². The van der Waals surface area contributed by atoms with Gasteiger partial charge in [-0.1, -0.05) is 11.6 Å². The second-order valence-corrected chi connectivity index (χ2v) is 2.42. The van der Waals surface area contributed by atoms with Crippen LogP contribution in [0.5, 0.6) is 0 Å². The number of rotatable bonds is 3. The molecule has 1 rings (SSSR count). The first-order valence-electron chi connectivity index (χ1n) is 3.55. The maximum Gasteiger partial charge on any atom is 0.435 e. The largest absolute Gasteiger partial charge is 0.435 e. The van der Waals surface area contributed by atoms with Gasteiger partial charge in [0.15, 0.2) is 5.69 Å². The average molecular weight is 183 g/mol. The van der Waals surface area contributed by atoms with Gasteiger partial charge >= 0.3 is 5.95 Å². The SMILES string of the molecule is C=Cc1nc([N+](=O)[O-])n(C)c1CO. The maximum absolute atomic E-state index is 10.4. The van der Waals surface area contributed by atoms with E-state index in [1.807, 2.05) is 0 Å². The molecule has 0 aliphatic carbocycles. The van der Waals surface area contributed by atoms with Crippen molar-refractivity contribution in [3.05, 3.63) is 28.1 Å². The van der Waals surface area contributed by atoms with E-state index in [1.165, 1.54) is 17.7 Å². The van der Waals surface area contributed by atoms with Crippen LogP contribution in [0.1, 0.15) is 11.4 Å². The van der Waals surface area contributed by atoms with Crippen LogP contribution in [0.3, 0.4) is 0 Å². The molecule has 6 heteroatoms. The third-order valence-corrected chi connectivity index (χ3v) is 1.73. The molecule has 1 aromatic heterocycles. The summed E-state index contributed by atoms with van der Waals surface area (Å²) in [7, 11) is 1.48. The van der Waals surface area contributed by atoms with Crippen LogP contribution in [0.2, 0.25) is 0 Å². The predicted molar refractivity (Wildman–Crippen MR) is 45.9 cm³/mol. The van der Waals surface area contributed by atoms with E-state index in [1.54, 1.807) is 0 Å². The molecular formula is C7H9N3O3. The molecule has 0 aliphatic heterocycles. The highest BCUT2D eigenvalue weighted by Crippen LogP contribution is 2.16. The topological polar surface area (TPSA) is 81.2 Å². The molecule has 1 aromatic rings. The summed E-state index contributed by atoms with van der Waals surface area (Å²) in [6, 6.07) is 0. The molecule has 0 aromatic carbocycles. The van der Waals surface area contributed by atoms with Crippen molar-refractivity contribution in [2.45, 2.75) is 6.61 Å². The van der Waals surface area contributed by atoms with Crippen LogP contribution in [0.25, 0.3) is 6.08 Å². The number of imidazole rings is 1. The molecule has 1 N–H and O–H groups in total. The van der Waals surface area contributed by atoms with Crippen molar-refractivity contribution in [1.82, 2.24) is 9.55 Å². The van der Waals surface area contributed by atoms with Crippen LogP contribution >= 0.6 is 0 Å². The van der Waals surface area contributed by atoms with Crippen molar-refractivity contribution >= 4 is 12.0 Å². The van der Waals surface area contributed by atoms with Gasteiger partial charge in [0.25, 0.3) is 0 Å². The smallest absolute Gasteiger partial charge is 0.390 e. The number of aliphatic hydroxyl groups excluding tert-OH is 1. The molecule has 0 fully saturated rings. The molecule has 1 heterocycles. The first-order chi connectivity index (χ1) is 6.11. The minimum atomic E-state index is -0.605. The van der Waals surface area contributed by atoms with Gasteiger partial charge in [-0.15, -0.1) is 0 Å². The molecule has 0 bridgehead atoms. The van der Waals surface area contributed by atoms with Crippen molar-refractivity contribution < 1.29 is 10.0 Å². The van der Waals surface area contributed by atoms with Crippen LogP contribution in [0, 0.1) is 10.1 Å². The highest BCUT2D eigenvalue weighted by Gasteiger charge is 2.21. The fourth-order valence-corrected chi connectivity index (χ4v) is 1.05. The molecule has 0 amide bonds. The van der Waals surface area contributed by atoms with Gasteiger partial charge in [-0.05, 0) is 11.0 Å². The lowest BCUT2D eigenvalue weighted by molar-refractivity contribution is -0.396. The lowest BCUT2D eigenvalue weighted by atomic mass is 10.3. The number of hydrogen-bond donors (Lipinski definition) is 1. The molecule has 6 nitrogen and oxygen atoms in total. The van der Waals surface area contributed by atoms with Crippen molar-refractivity contribution in [2.75, 3.05) is 0 Å². The Morgan fingerprint density at radius 2 is 2.46 bits per heavy atom. The Labute approximate surface area is 74.3 Å². The second kappa shape index (κ2) is 3.36. The number of nitro groups is 1. The molecule has 0 radical (unpaired) electrons. The third-order valence-electron chi connectivity index (χ3n) is 1.73. The minimum absolute atomic E-state index is 0.293. The molecule has 0 saturated carbocycles. The van der Waals surface area contributed by atoms with Gasteiger partial charge in [-0.25, -0.2) is 4.57 Å². The highest BCUT2D eigenvalue weighted by molar-refractivity contribution is 5.47. The monoisotopic (exact) mass is 183 g/mol. The zero-order valence-corrected chi connectivity index (χ0v) is 7.10. The Balaban J connectivity index is 3.34. The molecule has 0 aliphatic rings. The maximum atomic E-state index is 10.4. The quantitative estimate of drug-likeness (QED) is 0.545. The summed E-state index contributed by atoms with van der Waals surface area (Å²) in [5.41, 5.74) is 0.735. The van der Waals surface area contributed by atoms with Crippen LogP contribution in [-0.2, 0) is 13.7 Å². The second-order valence-electron chi connectivity index (χ2n) is 2.42. The molecule has 13 heavy (non-hydrogen) atoms. The summed E-state index contributed by atoms with van der Waals surface area (Å²) in [6.45, 7) is 3.15. The van der Waals surface area contributed by atoms with Crippen molar-refractivity contribution in [2.24, 2.45) is 7.05 Å². The summed E-state index contributed by atoms with van der Waals surface area (Å²) in [4.78, 5) is 13.5. The van der Waals surface area contributed by atoms with Crippen LogP contribution in [-0.4, -0.2) is 19.6 Å². The predicted octanol–water partition coefficient (Wildman–Crippen LogP) is 0.464. The lowest BCUT2D eigenvalue weighted by Gasteiger charge is -1.95. The summed E-state index contributed by atoms with van der Waals surface area (Å²) in [5.74, 6) is -0.293. The standard InChI is InChI=1S/C7H9N3O3/c1-3-5-6(4-11)9(2)7(8-5)10(12)13/h3,11H,1,4H2,2H3. The lowest BCUT2D eigenvalue weighted by Crippen LogP contribution is -2.01. The third kappa shape index (κ3) is 1.43. The van der Waals surface area contributed by atoms with E-state index in [0.717, 1.165) is 0 Å². The first kappa shape index (κ1) is 9.40. The fraction of sp³-hybridized carbons (Fsp3) is 0.286. The number of aliphatic hydroxyl groups is 1. The number of hydrogen-bond acceptors (Lipinski definition) is 4. The van der Waals surface area contributed by atoms with E-state index in [4.69, 9.17) is 5.11 Å². The zero-order valence-electron chi connectivity index (χ0n) is 7.10. The van der Waals surface area contributed by atoms with E-state index in [2.05, 4.69) is 11.6 Å². The van der Waals surface area contributed by atoms with Gasteiger partial charge in [0.2, 0.25) is 0 Å². The molecule has 0 unspecified atom stereocenters. The van der Waals surface area contributed by atoms with Gasteiger partial charge in [-0.3, -0.25) is 0 Å². The fourth-order valence-electron chi connectivity index (χ4n) is 1.05. The number of aromatic nitrogens is 2. The molecule has 0 atom stereocenters. The van der Waals surface area contributed by atoms with Crippen LogP contribution in [0.15, 0.2) is 6.58 Å². The van der Waals surface area contributed by atoms with Gasteiger partial charge in [0.05, 0.1) is 7.05 Å². The first-order valence-corrected chi connectivity index (χ1v) is 3.55.